The van der Waals surface area contributed by atoms with E-state index < -0.39 is 11.5 Å². The summed E-state index contributed by atoms with van der Waals surface area (Å²) in [6.07, 6.45) is 3.78. The molecular formula is C9H17N3O2. The zero-order valence-corrected chi connectivity index (χ0v) is 8.53. The Morgan fingerprint density at radius 3 is 2.64 bits per heavy atom. The molecule has 0 aliphatic carbocycles. The molecule has 5 nitrogen and oxygen atoms in total. The van der Waals surface area contributed by atoms with Gasteiger partial charge in [0.25, 0.3) is 0 Å². The van der Waals surface area contributed by atoms with Crippen LogP contribution in [-0.4, -0.2) is 29.0 Å². The van der Waals surface area contributed by atoms with Gasteiger partial charge in [-0.15, -0.1) is 0 Å². The van der Waals surface area contributed by atoms with Crippen LogP contribution in [0.4, 0.5) is 0 Å². The topological polar surface area (TPSA) is 102 Å². The summed E-state index contributed by atoms with van der Waals surface area (Å²) in [4.78, 5) is 14.5. The van der Waals surface area contributed by atoms with Crippen molar-refractivity contribution in [2.24, 2.45) is 16.5 Å². The Morgan fingerprint density at radius 1 is 1.64 bits per heavy atom. The van der Waals surface area contributed by atoms with Crippen molar-refractivity contribution in [1.82, 2.24) is 0 Å². The lowest BCUT2D eigenvalue weighted by atomic mass is 10.0. The average Bonchev–Trinajstić information content (AvgIpc) is 2.02. The van der Waals surface area contributed by atoms with Gasteiger partial charge in [-0.1, -0.05) is 12.2 Å². The zero-order chi connectivity index (χ0) is 11.2. The fraction of sp³-hybridized carbons (Fsp3) is 0.556. The lowest BCUT2D eigenvalue weighted by Crippen LogP contribution is -2.42. The van der Waals surface area contributed by atoms with Gasteiger partial charge in [0.1, 0.15) is 5.54 Å². The van der Waals surface area contributed by atoms with Crippen molar-refractivity contribution in [3.8, 4) is 0 Å². The molecule has 0 aliphatic heterocycles. The quantitative estimate of drug-likeness (QED) is 0.253. The van der Waals surface area contributed by atoms with Gasteiger partial charge >= 0.3 is 5.97 Å². The first-order chi connectivity index (χ1) is 6.36. The molecular weight excluding hydrogens is 182 g/mol. The standard InChI is InChI=1S/C9H17N3O2/c1-7(10)12-6-4-3-5-9(2,11)8(13)14/h3,5H,4,6,11H2,1-2H3,(H2,10,12)(H,13,14)/b5-3-/t9-/m1/s1. The van der Waals surface area contributed by atoms with Crippen molar-refractivity contribution in [3.63, 3.8) is 0 Å². The molecule has 5 heteroatoms. The maximum Gasteiger partial charge on any atom is 0.327 e. The minimum atomic E-state index is -1.30. The molecule has 0 radical (unpaired) electrons. The molecule has 0 aromatic heterocycles. The van der Waals surface area contributed by atoms with E-state index in [0.29, 0.717) is 18.8 Å². The molecule has 0 saturated heterocycles. The molecule has 0 saturated carbocycles. The van der Waals surface area contributed by atoms with E-state index in [-0.39, 0.29) is 0 Å². The Hall–Kier alpha value is -1.36. The number of carbonyl (C=O) groups is 1. The molecule has 0 heterocycles. The average molecular weight is 199 g/mol. The summed E-state index contributed by atoms with van der Waals surface area (Å²) < 4.78 is 0. The van der Waals surface area contributed by atoms with Crippen molar-refractivity contribution in [1.29, 1.82) is 0 Å². The van der Waals surface area contributed by atoms with E-state index in [1.54, 1.807) is 13.0 Å². The summed E-state index contributed by atoms with van der Waals surface area (Å²) in [7, 11) is 0. The van der Waals surface area contributed by atoms with Crippen LogP contribution in [-0.2, 0) is 4.79 Å². The van der Waals surface area contributed by atoms with Crippen LogP contribution in [0.25, 0.3) is 0 Å². The second-order valence-electron chi connectivity index (χ2n) is 3.30. The second kappa shape index (κ2) is 5.39. The Labute approximate surface area is 83.5 Å². The Balaban J connectivity index is 3.95. The molecule has 0 unspecified atom stereocenters. The molecule has 0 bridgehead atoms. The van der Waals surface area contributed by atoms with E-state index in [1.807, 2.05) is 0 Å². The third kappa shape index (κ3) is 5.31. The molecule has 0 aliphatic rings. The van der Waals surface area contributed by atoms with Gasteiger partial charge in [0.05, 0.1) is 5.84 Å². The molecule has 0 fully saturated rings. The number of hydrogen-bond acceptors (Lipinski definition) is 3. The molecule has 0 rings (SSSR count). The summed E-state index contributed by atoms with van der Waals surface area (Å²) in [6, 6.07) is 0. The van der Waals surface area contributed by atoms with Crippen molar-refractivity contribution in [2.45, 2.75) is 25.8 Å². The molecule has 5 N–H and O–H groups in total. The monoisotopic (exact) mass is 199 g/mol. The number of aliphatic carboxylic acids is 1. The minimum Gasteiger partial charge on any atom is -0.480 e. The van der Waals surface area contributed by atoms with Gasteiger partial charge in [0.15, 0.2) is 0 Å². The third-order valence-electron chi connectivity index (χ3n) is 1.58. The number of rotatable bonds is 5. The highest BCUT2D eigenvalue weighted by Crippen LogP contribution is 2.02. The number of nitrogens with zero attached hydrogens (tertiary/aromatic N) is 1. The lowest BCUT2D eigenvalue weighted by Gasteiger charge is -2.12. The van der Waals surface area contributed by atoms with Gasteiger partial charge in [-0.25, -0.2) is 4.79 Å². The first-order valence-corrected chi connectivity index (χ1v) is 4.33. The van der Waals surface area contributed by atoms with Gasteiger partial charge in [-0.2, -0.15) is 0 Å². The Kier molecular flexibility index (Phi) is 4.86. The van der Waals surface area contributed by atoms with Gasteiger partial charge in [-0.05, 0) is 20.3 Å². The van der Waals surface area contributed by atoms with Gasteiger partial charge in [0.2, 0.25) is 0 Å². The van der Waals surface area contributed by atoms with Crippen LogP contribution in [0.5, 0.6) is 0 Å². The first kappa shape index (κ1) is 12.6. The summed E-state index contributed by atoms with van der Waals surface area (Å²) in [5.41, 5.74) is 9.47. The molecule has 0 spiro atoms. The second-order valence-corrected chi connectivity index (χ2v) is 3.30. The number of amidine groups is 1. The largest absolute Gasteiger partial charge is 0.480 e. The van der Waals surface area contributed by atoms with E-state index in [9.17, 15) is 4.79 Å². The highest BCUT2D eigenvalue weighted by molar-refractivity contribution is 5.80. The summed E-state index contributed by atoms with van der Waals surface area (Å²) in [5, 5.41) is 8.66. The fourth-order valence-electron chi connectivity index (χ4n) is 0.715. The number of nitrogens with two attached hydrogens (primary N) is 2. The molecule has 1 atom stereocenters. The number of hydrogen-bond donors (Lipinski definition) is 3. The van der Waals surface area contributed by atoms with E-state index in [4.69, 9.17) is 16.6 Å². The van der Waals surface area contributed by atoms with Crippen LogP contribution in [0.2, 0.25) is 0 Å². The maximum absolute atomic E-state index is 10.6. The molecule has 80 valence electrons. The fourth-order valence-corrected chi connectivity index (χ4v) is 0.715. The zero-order valence-electron chi connectivity index (χ0n) is 8.53. The molecule has 0 amide bonds. The molecule has 0 aromatic rings. The van der Waals surface area contributed by atoms with E-state index in [2.05, 4.69) is 4.99 Å². The normalized spacial score (nSPS) is 16.9. The van der Waals surface area contributed by atoms with E-state index in [1.165, 1.54) is 13.0 Å². The van der Waals surface area contributed by atoms with Crippen LogP contribution < -0.4 is 11.5 Å². The Morgan fingerprint density at radius 2 is 2.21 bits per heavy atom. The van der Waals surface area contributed by atoms with Crippen molar-refractivity contribution < 1.29 is 9.90 Å². The number of carboxylic acid groups (broad SMARTS) is 1. The Bertz CT molecular complexity index is 253. The third-order valence-corrected chi connectivity index (χ3v) is 1.58. The van der Waals surface area contributed by atoms with E-state index in [0.717, 1.165) is 0 Å². The SMILES string of the molecule is CC(N)=NCC/C=C\[C@@](C)(N)C(=O)O. The smallest absolute Gasteiger partial charge is 0.327 e. The van der Waals surface area contributed by atoms with Gasteiger partial charge in [0, 0.05) is 6.54 Å². The highest BCUT2D eigenvalue weighted by atomic mass is 16.4. The van der Waals surface area contributed by atoms with Crippen LogP contribution in [0.3, 0.4) is 0 Å². The molecule has 0 aromatic carbocycles. The van der Waals surface area contributed by atoms with Crippen LogP contribution in [0.1, 0.15) is 20.3 Å². The highest BCUT2D eigenvalue weighted by Gasteiger charge is 2.23. The van der Waals surface area contributed by atoms with Crippen LogP contribution >= 0.6 is 0 Å². The van der Waals surface area contributed by atoms with Gasteiger partial charge in [-0.3, -0.25) is 4.99 Å². The van der Waals surface area contributed by atoms with Crippen LogP contribution in [0, 0.1) is 0 Å². The predicted molar refractivity (Wildman–Crippen MR) is 56.1 cm³/mol. The van der Waals surface area contributed by atoms with Crippen molar-refractivity contribution in [2.75, 3.05) is 6.54 Å². The molecule has 14 heavy (non-hydrogen) atoms. The van der Waals surface area contributed by atoms with Crippen LogP contribution in [0.15, 0.2) is 17.1 Å². The minimum absolute atomic E-state index is 0.521. The van der Waals surface area contributed by atoms with Crippen molar-refractivity contribution >= 4 is 11.8 Å². The van der Waals surface area contributed by atoms with E-state index >= 15 is 0 Å². The predicted octanol–water partition coefficient (Wildman–Crippen LogP) is 0.112. The summed E-state index contributed by atoms with van der Waals surface area (Å²) in [6.45, 7) is 3.69. The maximum atomic E-state index is 10.6. The number of aliphatic imine (C=N–C) groups is 1. The summed E-state index contributed by atoms with van der Waals surface area (Å²) >= 11 is 0. The lowest BCUT2D eigenvalue weighted by molar-refractivity contribution is -0.140. The number of carboxylic acids is 1. The summed E-state index contributed by atoms with van der Waals surface area (Å²) in [5.74, 6) is -0.528. The van der Waals surface area contributed by atoms with Crippen molar-refractivity contribution in [3.05, 3.63) is 12.2 Å². The first-order valence-electron chi connectivity index (χ1n) is 4.33. The van der Waals surface area contributed by atoms with Gasteiger partial charge < -0.3 is 16.6 Å².